The summed E-state index contributed by atoms with van der Waals surface area (Å²) in [5, 5.41) is 3.13. The number of likely N-dealkylation sites (tertiary alicyclic amines) is 1. The average Bonchev–Trinajstić information content (AvgIpc) is 2.75. The maximum Gasteiger partial charge on any atom is 0.223 e. The van der Waals surface area contributed by atoms with E-state index >= 15 is 0 Å². The van der Waals surface area contributed by atoms with Gasteiger partial charge in [0, 0.05) is 18.0 Å². The molecule has 0 aliphatic carbocycles. The second-order valence-corrected chi connectivity index (χ2v) is 7.52. The number of amides is 1. The second kappa shape index (κ2) is 9.74. The van der Waals surface area contributed by atoms with E-state index in [4.69, 9.17) is 9.47 Å². The third-order valence-electron chi connectivity index (χ3n) is 5.54. The first-order valence-electron chi connectivity index (χ1n) is 9.99. The summed E-state index contributed by atoms with van der Waals surface area (Å²) in [6.45, 7) is 4.45. The van der Waals surface area contributed by atoms with Crippen LogP contribution in [0.5, 0.6) is 11.5 Å². The van der Waals surface area contributed by atoms with Crippen molar-refractivity contribution in [2.75, 3.05) is 27.3 Å². The van der Waals surface area contributed by atoms with Gasteiger partial charge in [0.15, 0.2) is 0 Å². The van der Waals surface area contributed by atoms with Gasteiger partial charge in [-0.25, -0.2) is 4.39 Å². The number of hydrogen-bond acceptors (Lipinski definition) is 4. The number of nitrogens with one attached hydrogen (secondary N) is 1. The summed E-state index contributed by atoms with van der Waals surface area (Å²) < 4.78 is 23.8. The molecule has 1 fully saturated rings. The van der Waals surface area contributed by atoms with Crippen LogP contribution in [0.25, 0.3) is 0 Å². The van der Waals surface area contributed by atoms with Gasteiger partial charge < -0.3 is 14.8 Å². The van der Waals surface area contributed by atoms with Crippen LogP contribution >= 0.6 is 0 Å². The van der Waals surface area contributed by atoms with E-state index < -0.39 is 0 Å². The zero-order valence-electron chi connectivity index (χ0n) is 17.3. The molecular formula is C23H29FN2O3. The predicted molar refractivity (Wildman–Crippen MR) is 111 cm³/mol. The first-order chi connectivity index (χ1) is 14.0. The van der Waals surface area contributed by atoms with Gasteiger partial charge in [0.2, 0.25) is 5.91 Å². The van der Waals surface area contributed by atoms with Crippen molar-refractivity contribution in [2.45, 2.75) is 32.4 Å². The maximum atomic E-state index is 13.0. The van der Waals surface area contributed by atoms with Gasteiger partial charge in [-0.05, 0) is 68.8 Å². The predicted octanol–water partition coefficient (Wildman–Crippen LogP) is 3.93. The summed E-state index contributed by atoms with van der Waals surface area (Å²) in [5.74, 6) is 1.32. The van der Waals surface area contributed by atoms with Crippen LogP contribution in [-0.4, -0.2) is 38.1 Å². The van der Waals surface area contributed by atoms with E-state index in [9.17, 15) is 9.18 Å². The SMILES string of the molecule is COc1ccc(OC)c([C@@H](C)NC(=O)C2CCN(Cc3ccc(F)cc3)CC2)c1. The molecule has 2 aromatic carbocycles. The minimum atomic E-state index is -0.217. The topological polar surface area (TPSA) is 50.8 Å². The summed E-state index contributed by atoms with van der Waals surface area (Å²) in [7, 11) is 3.24. The summed E-state index contributed by atoms with van der Waals surface area (Å²) in [5.41, 5.74) is 1.99. The minimum absolute atomic E-state index is 0.00137. The van der Waals surface area contributed by atoms with E-state index in [1.165, 1.54) is 12.1 Å². The van der Waals surface area contributed by atoms with E-state index in [2.05, 4.69) is 10.2 Å². The zero-order valence-corrected chi connectivity index (χ0v) is 17.3. The molecule has 0 radical (unpaired) electrons. The van der Waals surface area contributed by atoms with Crippen LogP contribution in [0.4, 0.5) is 4.39 Å². The fraction of sp³-hybridized carbons (Fsp3) is 0.435. The van der Waals surface area contributed by atoms with Crippen molar-refractivity contribution >= 4 is 5.91 Å². The Morgan fingerprint density at radius 3 is 2.45 bits per heavy atom. The minimum Gasteiger partial charge on any atom is -0.497 e. The monoisotopic (exact) mass is 400 g/mol. The Bertz CT molecular complexity index is 817. The summed E-state index contributed by atoms with van der Waals surface area (Å²) >= 11 is 0. The number of rotatable bonds is 7. The molecule has 1 amide bonds. The Hall–Kier alpha value is -2.60. The van der Waals surface area contributed by atoms with Crippen molar-refractivity contribution in [3.63, 3.8) is 0 Å². The van der Waals surface area contributed by atoms with Gasteiger partial charge in [-0.15, -0.1) is 0 Å². The molecule has 0 aromatic heterocycles. The average molecular weight is 400 g/mol. The van der Waals surface area contributed by atoms with Gasteiger partial charge in [-0.3, -0.25) is 9.69 Å². The van der Waals surface area contributed by atoms with Crippen molar-refractivity contribution in [3.05, 3.63) is 59.4 Å². The first-order valence-corrected chi connectivity index (χ1v) is 9.99. The number of ether oxygens (including phenoxy) is 2. The first kappa shape index (κ1) is 21.1. The van der Waals surface area contributed by atoms with Crippen LogP contribution in [0.15, 0.2) is 42.5 Å². The molecule has 156 valence electrons. The molecule has 6 heteroatoms. The molecule has 29 heavy (non-hydrogen) atoms. The van der Waals surface area contributed by atoms with E-state index in [1.54, 1.807) is 14.2 Å². The van der Waals surface area contributed by atoms with Crippen LogP contribution < -0.4 is 14.8 Å². The molecule has 1 saturated heterocycles. The van der Waals surface area contributed by atoms with Crippen molar-refractivity contribution < 1.29 is 18.7 Å². The van der Waals surface area contributed by atoms with Crippen molar-refractivity contribution in [1.82, 2.24) is 10.2 Å². The van der Waals surface area contributed by atoms with Crippen molar-refractivity contribution in [2.24, 2.45) is 5.92 Å². The lowest BCUT2D eigenvalue weighted by atomic mass is 9.94. The standard InChI is InChI=1S/C23H29FN2O3/c1-16(21-14-20(28-2)8-9-22(21)29-3)25-23(27)18-10-12-26(13-11-18)15-17-4-6-19(24)7-5-17/h4-9,14,16,18H,10-13,15H2,1-3H3,(H,25,27)/t16-/m1/s1. The van der Waals surface area contributed by atoms with Crippen LogP contribution in [0.2, 0.25) is 0 Å². The molecular weight excluding hydrogens is 371 g/mol. The van der Waals surface area contributed by atoms with Crippen LogP contribution in [0.1, 0.15) is 36.9 Å². The molecule has 0 spiro atoms. The highest BCUT2D eigenvalue weighted by Crippen LogP contribution is 2.30. The highest BCUT2D eigenvalue weighted by atomic mass is 19.1. The van der Waals surface area contributed by atoms with Crippen LogP contribution in [0.3, 0.4) is 0 Å². The lowest BCUT2D eigenvalue weighted by Crippen LogP contribution is -2.40. The van der Waals surface area contributed by atoms with Gasteiger partial charge >= 0.3 is 0 Å². The van der Waals surface area contributed by atoms with E-state index in [0.29, 0.717) is 0 Å². The molecule has 0 saturated carbocycles. The molecule has 5 nitrogen and oxygen atoms in total. The Kier molecular flexibility index (Phi) is 7.09. The third-order valence-corrected chi connectivity index (χ3v) is 5.54. The molecule has 2 aromatic rings. The lowest BCUT2D eigenvalue weighted by Gasteiger charge is -2.32. The Morgan fingerprint density at radius 2 is 1.83 bits per heavy atom. The van der Waals surface area contributed by atoms with Crippen molar-refractivity contribution in [1.29, 1.82) is 0 Å². The Balaban J connectivity index is 1.53. The second-order valence-electron chi connectivity index (χ2n) is 7.52. The number of halogens is 1. The van der Waals surface area contributed by atoms with Gasteiger partial charge in [0.1, 0.15) is 17.3 Å². The largest absolute Gasteiger partial charge is 0.497 e. The highest BCUT2D eigenvalue weighted by molar-refractivity contribution is 5.79. The van der Waals surface area contributed by atoms with E-state index in [0.717, 1.165) is 55.1 Å². The number of benzene rings is 2. The molecule has 0 bridgehead atoms. The summed E-state index contributed by atoms with van der Waals surface area (Å²) in [4.78, 5) is 15.1. The van der Waals surface area contributed by atoms with E-state index in [1.807, 2.05) is 37.3 Å². The smallest absolute Gasteiger partial charge is 0.223 e. The number of carbonyl (C=O) groups is 1. The normalized spacial score (nSPS) is 16.3. The molecule has 1 atom stereocenters. The summed E-state index contributed by atoms with van der Waals surface area (Å²) in [6, 6.07) is 12.0. The molecule has 3 rings (SSSR count). The van der Waals surface area contributed by atoms with E-state index in [-0.39, 0.29) is 23.7 Å². The van der Waals surface area contributed by atoms with Crippen molar-refractivity contribution in [3.8, 4) is 11.5 Å². The van der Waals surface area contributed by atoms with Gasteiger partial charge in [0.25, 0.3) is 0 Å². The van der Waals surface area contributed by atoms with Gasteiger partial charge in [0.05, 0.1) is 20.3 Å². The van der Waals surface area contributed by atoms with Gasteiger partial charge in [-0.2, -0.15) is 0 Å². The molecule has 1 aliphatic rings. The Labute approximate surface area is 171 Å². The number of piperidine rings is 1. The highest BCUT2D eigenvalue weighted by Gasteiger charge is 2.26. The number of methoxy groups -OCH3 is 2. The molecule has 1 aliphatic heterocycles. The number of hydrogen-bond donors (Lipinski definition) is 1. The number of nitrogens with zero attached hydrogens (tertiary/aromatic N) is 1. The fourth-order valence-corrected chi connectivity index (χ4v) is 3.79. The molecule has 1 N–H and O–H groups in total. The molecule has 0 unspecified atom stereocenters. The fourth-order valence-electron chi connectivity index (χ4n) is 3.79. The number of carbonyl (C=O) groups excluding carboxylic acids is 1. The van der Waals surface area contributed by atoms with Gasteiger partial charge in [-0.1, -0.05) is 12.1 Å². The quantitative estimate of drug-likeness (QED) is 0.765. The lowest BCUT2D eigenvalue weighted by molar-refractivity contribution is -0.127. The maximum absolute atomic E-state index is 13.0. The van der Waals surface area contributed by atoms with Crippen LogP contribution in [-0.2, 0) is 11.3 Å². The van der Waals surface area contributed by atoms with Crippen LogP contribution in [0, 0.1) is 11.7 Å². The third kappa shape index (κ3) is 5.48. The zero-order chi connectivity index (χ0) is 20.8. The Morgan fingerprint density at radius 1 is 1.14 bits per heavy atom. The summed E-state index contributed by atoms with van der Waals surface area (Å²) in [6.07, 6.45) is 1.63. The molecule has 1 heterocycles.